The number of H-pyrrole nitrogens is 1. The Hall–Kier alpha value is -2.79. The van der Waals surface area contributed by atoms with Crippen molar-refractivity contribution in [1.29, 1.82) is 0 Å². The molecule has 3 heterocycles. The van der Waals surface area contributed by atoms with Crippen molar-refractivity contribution in [2.45, 2.75) is 89.8 Å². The number of rotatable bonds is 12. The standard InChI is InChI=1S/C22H32N4O7/c1-3-5-7-9-15(28)32-18-14(11-27)31-22(19(18)33-16(29)10-8-6-4-2)26-13-25-17-20(26)23-12-24-21(17)30/h12-14,18-19,22,27H,3-11H2,1-2H3,(H,23,24,30)/t14-,18-,19-,22-/m1/s1. The Morgan fingerprint density at radius 1 is 1.06 bits per heavy atom. The normalized spacial score (nSPS) is 22.5. The number of nitrogens with zero attached hydrogens (tertiary/aromatic N) is 3. The lowest BCUT2D eigenvalue weighted by atomic mass is 10.1. The summed E-state index contributed by atoms with van der Waals surface area (Å²) in [7, 11) is 0. The van der Waals surface area contributed by atoms with Gasteiger partial charge in [-0.3, -0.25) is 19.0 Å². The molecule has 1 aliphatic rings. The smallest absolute Gasteiger partial charge is 0.306 e. The van der Waals surface area contributed by atoms with E-state index in [1.165, 1.54) is 17.2 Å². The van der Waals surface area contributed by atoms with Gasteiger partial charge in [0.05, 0.1) is 19.3 Å². The monoisotopic (exact) mass is 464 g/mol. The summed E-state index contributed by atoms with van der Waals surface area (Å²) >= 11 is 0. The molecule has 3 rings (SSSR count). The van der Waals surface area contributed by atoms with Crippen LogP contribution in [0.3, 0.4) is 0 Å². The summed E-state index contributed by atoms with van der Waals surface area (Å²) in [4.78, 5) is 47.8. The van der Waals surface area contributed by atoms with Gasteiger partial charge in [0.2, 0.25) is 0 Å². The van der Waals surface area contributed by atoms with Crippen LogP contribution >= 0.6 is 0 Å². The third-order valence-electron chi connectivity index (χ3n) is 5.61. The van der Waals surface area contributed by atoms with Crippen LogP contribution in [0.1, 0.15) is 71.4 Å². The second kappa shape index (κ2) is 11.9. The molecular weight excluding hydrogens is 432 g/mol. The predicted molar refractivity (Wildman–Crippen MR) is 117 cm³/mol. The maximum atomic E-state index is 12.6. The third kappa shape index (κ3) is 5.97. The van der Waals surface area contributed by atoms with Gasteiger partial charge in [0, 0.05) is 12.8 Å². The summed E-state index contributed by atoms with van der Waals surface area (Å²) in [6.45, 7) is 3.62. The first-order valence-corrected chi connectivity index (χ1v) is 11.6. The second-order valence-corrected chi connectivity index (χ2v) is 8.13. The first kappa shape index (κ1) is 24.8. The minimum absolute atomic E-state index is 0.0923. The molecule has 2 aromatic rings. The number of hydrogen-bond acceptors (Lipinski definition) is 9. The van der Waals surface area contributed by atoms with E-state index in [4.69, 9.17) is 14.2 Å². The molecule has 2 aromatic heterocycles. The number of imidazole rings is 1. The van der Waals surface area contributed by atoms with Gasteiger partial charge in [-0.2, -0.15) is 0 Å². The van der Waals surface area contributed by atoms with Gasteiger partial charge in [-0.05, 0) is 12.8 Å². The fraction of sp³-hybridized carbons (Fsp3) is 0.682. The Bertz CT molecular complexity index is 989. The Morgan fingerprint density at radius 2 is 1.70 bits per heavy atom. The molecule has 11 heteroatoms. The van der Waals surface area contributed by atoms with Crippen LogP contribution in [-0.4, -0.2) is 61.5 Å². The molecule has 0 aromatic carbocycles. The van der Waals surface area contributed by atoms with Crippen molar-refractivity contribution in [1.82, 2.24) is 19.5 Å². The summed E-state index contributed by atoms with van der Waals surface area (Å²) in [5.74, 6) is -0.906. The first-order valence-electron chi connectivity index (χ1n) is 11.6. The third-order valence-corrected chi connectivity index (χ3v) is 5.61. The maximum Gasteiger partial charge on any atom is 0.306 e. The van der Waals surface area contributed by atoms with Gasteiger partial charge in [-0.25, -0.2) is 9.97 Å². The number of aliphatic hydroxyl groups is 1. The molecule has 0 saturated carbocycles. The molecule has 0 amide bonds. The van der Waals surface area contributed by atoms with Crippen LogP contribution in [0.2, 0.25) is 0 Å². The average Bonchev–Trinajstić information content (AvgIpc) is 3.36. The number of aromatic nitrogens is 4. The number of fused-ring (bicyclic) bond motifs is 1. The van der Waals surface area contributed by atoms with Gasteiger partial charge in [-0.15, -0.1) is 0 Å². The number of unbranched alkanes of at least 4 members (excludes halogenated alkanes) is 4. The SMILES string of the molecule is CCCCCC(=O)O[C@@H]1[C@H](OC(=O)CCCCC)[C@@H](CO)O[C@H]1n1cnc2c(=O)[nH]cnc21. The van der Waals surface area contributed by atoms with Gasteiger partial charge in [-0.1, -0.05) is 39.5 Å². The lowest BCUT2D eigenvalue weighted by molar-refractivity contribution is -0.168. The molecule has 4 atom stereocenters. The number of aromatic amines is 1. The zero-order chi connectivity index (χ0) is 23.8. The highest BCUT2D eigenvalue weighted by atomic mass is 16.6. The van der Waals surface area contributed by atoms with Crippen molar-refractivity contribution >= 4 is 23.1 Å². The summed E-state index contributed by atoms with van der Waals surface area (Å²) in [5, 5.41) is 9.91. The number of ether oxygens (including phenoxy) is 3. The highest BCUT2D eigenvalue weighted by Crippen LogP contribution is 2.35. The van der Waals surface area contributed by atoms with E-state index in [0.717, 1.165) is 25.7 Å². The van der Waals surface area contributed by atoms with Crippen molar-refractivity contribution in [3.63, 3.8) is 0 Å². The molecule has 0 spiro atoms. The number of nitrogens with one attached hydrogen (secondary N) is 1. The maximum absolute atomic E-state index is 12.6. The Balaban J connectivity index is 1.88. The van der Waals surface area contributed by atoms with Crippen LogP contribution < -0.4 is 5.56 Å². The van der Waals surface area contributed by atoms with Crippen molar-refractivity contribution in [3.05, 3.63) is 23.0 Å². The summed E-state index contributed by atoms with van der Waals surface area (Å²) in [6.07, 6.45) is 4.10. The van der Waals surface area contributed by atoms with E-state index in [9.17, 15) is 19.5 Å². The molecule has 11 nitrogen and oxygen atoms in total. The lowest BCUT2D eigenvalue weighted by Gasteiger charge is -2.24. The van der Waals surface area contributed by atoms with E-state index in [0.29, 0.717) is 12.8 Å². The van der Waals surface area contributed by atoms with Crippen LogP contribution in [0, 0.1) is 0 Å². The van der Waals surface area contributed by atoms with Gasteiger partial charge in [0.1, 0.15) is 6.10 Å². The lowest BCUT2D eigenvalue weighted by Crippen LogP contribution is -2.40. The number of esters is 2. The van der Waals surface area contributed by atoms with Crippen LogP contribution in [-0.2, 0) is 23.8 Å². The minimum atomic E-state index is -1.04. The number of carbonyl (C=O) groups excluding carboxylic acids is 2. The van der Waals surface area contributed by atoms with E-state index in [2.05, 4.69) is 15.0 Å². The molecule has 0 bridgehead atoms. The van der Waals surface area contributed by atoms with Crippen molar-refractivity contribution < 1.29 is 28.9 Å². The molecule has 1 saturated heterocycles. The Kier molecular flexibility index (Phi) is 8.95. The molecule has 1 fully saturated rings. The van der Waals surface area contributed by atoms with Crippen LogP contribution in [0.5, 0.6) is 0 Å². The number of hydrogen-bond donors (Lipinski definition) is 2. The molecule has 0 unspecified atom stereocenters. The van der Waals surface area contributed by atoms with Gasteiger partial charge in [0.15, 0.2) is 29.6 Å². The van der Waals surface area contributed by atoms with E-state index >= 15 is 0 Å². The summed E-state index contributed by atoms with van der Waals surface area (Å²) < 4.78 is 18.8. The minimum Gasteiger partial charge on any atom is -0.455 e. The van der Waals surface area contributed by atoms with Gasteiger partial charge >= 0.3 is 11.9 Å². The van der Waals surface area contributed by atoms with Gasteiger partial charge < -0.3 is 24.3 Å². The number of carbonyl (C=O) groups is 2. The van der Waals surface area contributed by atoms with E-state index in [1.54, 1.807) is 0 Å². The second-order valence-electron chi connectivity index (χ2n) is 8.13. The van der Waals surface area contributed by atoms with E-state index in [-0.39, 0.29) is 24.0 Å². The van der Waals surface area contributed by atoms with E-state index < -0.39 is 48.6 Å². The summed E-state index contributed by atoms with van der Waals surface area (Å²) in [5.41, 5.74) is -0.112. The van der Waals surface area contributed by atoms with Crippen molar-refractivity contribution in [2.24, 2.45) is 0 Å². The quantitative estimate of drug-likeness (QED) is 0.356. The highest BCUT2D eigenvalue weighted by Gasteiger charge is 2.50. The zero-order valence-corrected chi connectivity index (χ0v) is 19.1. The zero-order valence-electron chi connectivity index (χ0n) is 19.1. The molecule has 0 aliphatic carbocycles. The summed E-state index contributed by atoms with van der Waals surface area (Å²) in [6, 6.07) is 0. The molecule has 33 heavy (non-hydrogen) atoms. The Labute approximate surface area is 191 Å². The van der Waals surface area contributed by atoms with Crippen LogP contribution in [0.4, 0.5) is 0 Å². The molecule has 0 radical (unpaired) electrons. The highest BCUT2D eigenvalue weighted by molar-refractivity contribution is 5.71. The fourth-order valence-corrected chi connectivity index (χ4v) is 3.86. The first-order chi connectivity index (χ1) is 16.0. The molecule has 1 aliphatic heterocycles. The van der Waals surface area contributed by atoms with Crippen LogP contribution in [0.25, 0.3) is 11.2 Å². The number of aliphatic hydroxyl groups excluding tert-OH is 1. The average molecular weight is 465 g/mol. The predicted octanol–water partition coefficient (Wildman–Crippen LogP) is 1.99. The topological polar surface area (TPSA) is 146 Å². The molecule has 182 valence electrons. The fourth-order valence-electron chi connectivity index (χ4n) is 3.86. The molecule has 2 N–H and O–H groups in total. The molecular formula is C22H32N4O7. The van der Waals surface area contributed by atoms with Crippen molar-refractivity contribution in [3.8, 4) is 0 Å². The van der Waals surface area contributed by atoms with E-state index in [1.807, 2.05) is 13.8 Å². The van der Waals surface area contributed by atoms with Gasteiger partial charge in [0.25, 0.3) is 5.56 Å². The van der Waals surface area contributed by atoms with Crippen molar-refractivity contribution in [2.75, 3.05) is 6.61 Å². The van der Waals surface area contributed by atoms with Crippen LogP contribution in [0.15, 0.2) is 17.4 Å². The Morgan fingerprint density at radius 3 is 2.30 bits per heavy atom. The largest absolute Gasteiger partial charge is 0.455 e.